The third-order valence-electron chi connectivity index (χ3n) is 3.21. The van der Waals surface area contributed by atoms with E-state index in [2.05, 4.69) is 19.2 Å². The molecule has 0 spiro atoms. The zero-order valence-corrected chi connectivity index (χ0v) is 15.6. The van der Waals surface area contributed by atoms with E-state index in [0.29, 0.717) is 11.3 Å². The molecule has 0 bridgehead atoms. The highest BCUT2D eigenvalue weighted by molar-refractivity contribution is 6.48. The van der Waals surface area contributed by atoms with Crippen LogP contribution in [0.4, 0.5) is 0 Å². The SMILES string of the molecule is CCCC(NC(CCC)[SiH](OC)OC)[SiH](OC)OC. The van der Waals surface area contributed by atoms with Crippen LogP contribution in [0.5, 0.6) is 0 Å². The predicted molar refractivity (Wildman–Crippen MR) is 82.9 cm³/mol. The van der Waals surface area contributed by atoms with Crippen molar-refractivity contribution in [1.82, 2.24) is 5.32 Å². The zero-order valence-electron chi connectivity index (χ0n) is 13.3. The Morgan fingerprint density at radius 2 is 1.05 bits per heavy atom. The van der Waals surface area contributed by atoms with Crippen molar-refractivity contribution in [2.45, 2.75) is 50.9 Å². The molecule has 2 unspecified atom stereocenters. The summed E-state index contributed by atoms with van der Waals surface area (Å²) in [5.74, 6) is 0. The van der Waals surface area contributed by atoms with Crippen LogP contribution in [0.25, 0.3) is 0 Å². The van der Waals surface area contributed by atoms with E-state index in [0.717, 1.165) is 25.7 Å². The first-order valence-electron chi connectivity index (χ1n) is 7.05. The normalized spacial score (nSPS) is 15.2. The Bertz CT molecular complexity index is 184. The highest BCUT2D eigenvalue weighted by Gasteiger charge is 2.31. The van der Waals surface area contributed by atoms with E-state index in [1.54, 1.807) is 28.4 Å². The highest BCUT2D eigenvalue weighted by atomic mass is 28.3. The molecule has 0 aromatic heterocycles. The summed E-state index contributed by atoms with van der Waals surface area (Å²) in [5.41, 5.74) is 0.605. The van der Waals surface area contributed by atoms with Crippen molar-refractivity contribution in [1.29, 1.82) is 0 Å². The van der Waals surface area contributed by atoms with Crippen molar-refractivity contribution in [3.8, 4) is 0 Å². The van der Waals surface area contributed by atoms with Crippen LogP contribution >= 0.6 is 0 Å². The number of hydrogen-bond donors (Lipinski definition) is 1. The Morgan fingerprint density at radius 1 is 0.737 bits per heavy atom. The van der Waals surface area contributed by atoms with Crippen LogP contribution in [-0.4, -0.2) is 58.3 Å². The summed E-state index contributed by atoms with van der Waals surface area (Å²) in [6.07, 6.45) is 4.35. The molecule has 0 aromatic carbocycles. The average molecular weight is 310 g/mol. The number of rotatable bonds is 12. The molecule has 1 N–H and O–H groups in total. The zero-order chi connectivity index (χ0) is 14.7. The Labute approximate surface area is 121 Å². The first kappa shape index (κ1) is 19.2. The lowest BCUT2D eigenvalue weighted by atomic mass is 10.3. The van der Waals surface area contributed by atoms with Crippen LogP contribution in [-0.2, 0) is 17.7 Å². The molecular weight excluding hydrogens is 278 g/mol. The fourth-order valence-corrected chi connectivity index (χ4v) is 6.28. The van der Waals surface area contributed by atoms with Crippen LogP contribution < -0.4 is 5.32 Å². The summed E-state index contributed by atoms with van der Waals surface area (Å²) in [5, 5.41) is 3.68. The minimum absolute atomic E-state index is 0.303. The van der Waals surface area contributed by atoms with Crippen LogP contribution in [0, 0.1) is 0 Å². The van der Waals surface area contributed by atoms with Crippen LogP contribution in [0.1, 0.15) is 39.5 Å². The summed E-state index contributed by atoms with van der Waals surface area (Å²) >= 11 is 0. The van der Waals surface area contributed by atoms with Gasteiger partial charge in [-0.15, -0.1) is 0 Å². The van der Waals surface area contributed by atoms with Gasteiger partial charge in [-0.25, -0.2) is 0 Å². The maximum absolute atomic E-state index is 5.53. The molecule has 5 nitrogen and oxygen atoms in total. The Balaban J connectivity index is 4.71. The molecule has 0 aliphatic rings. The minimum Gasteiger partial charge on any atom is -0.399 e. The van der Waals surface area contributed by atoms with Gasteiger partial charge in [0.1, 0.15) is 0 Å². The van der Waals surface area contributed by atoms with Gasteiger partial charge in [-0.2, -0.15) is 0 Å². The van der Waals surface area contributed by atoms with E-state index in [4.69, 9.17) is 17.7 Å². The highest BCUT2D eigenvalue weighted by Crippen LogP contribution is 2.10. The third-order valence-corrected chi connectivity index (χ3v) is 7.44. The molecule has 0 saturated heterocycles. The Morgan fingerprint density at radius 3 is 1.26 bits per heavy atom. The smallest absolute Gasteiger partial charge is 0.338 e. The first-order valence-corrected chi connectivity index (χ1v) is 10.3. The van der Waals surface area contributed by atoms with Crippen molar-refractivity contribution in [2.24, 2.45) is 0 Å². The van der Waals surface area contributed by atoms with E-state index in [1.807, 2.05) is 0 Å². The number of nitrogens with one attached hydrogen (secondary N) is 1. The average Bonchev–Trinajstić information content (AvgIpc) is 2.41. The van der Waals surface area contributed by atoms with Crippen molar-refractivity contribution < 1.29 is 17.7 Å². The Kier molecular flexibility index (Phi) is 12.2. The Hall–Kier alpha value is 0.234. The molecular formula is C12H31NO4Si2. The molecule has 0 aliphatic carbocycles. The fraction of sp³-hybridized carbons (Fsp3) is 1.00. The van der Waals surface area contributed by atoms with Crippen molar-refractivity contribution in [2.75, 3.05) is 28.4 Å². The van der Waals surface area contributed by atoms with Crippen LogP contribution in [0.2, 0.25) is 0 Å². The topological polar surface area (TPSA) is 49.0 Å². The summed E-state index contributed by atoms with van der Waals surface area (Å²) in [6.45, 7) is 4.36. The van der Waals surface area contributed by atoms with Gasteiger partial charge in [-0.3, -0.25) is 0 Å². The molecule has 0 aromatic rings. The standard InChI is InChI=1S/C12H31NO4Si2/c1-7-9-11(18(14-3)15-4)13-12(10-8-2)19(16-5)17-6/h11-13,18-19H,7-10H2,1-6H3. The molecule has 0 amide bonds. The maximum Gasteiger partial charge on any atom is 0.338 e. The molecule has 116 valence electrons. The first-order chi connectivity index (χ1) is 9.18. The molecule has 19 heavy (non-hydrogen) atoms. The molecule has 0 saturated carbocycles. The van der Waals surface area contributed by atoms with Crippen LogP contribution in [0.15, 0.2) is 0 Å². The maximum atomic E-state index is 5.53. The van der Waals surface area contributed by atoms with Gasteiger partial charge in [0.05, 0.1) is 0 Å². The largest absolute Gasteiger partial charge is 0.399 e. The van der Waals surface area contributed by atoms with Crippen LogP contribution in [0.3, 0.4) is 0 Å². The molecule has 0 fully saturated rings. The number of hydrogen-bond acceptors (Lipinski definition) is 5. The summed E-state index contributed by atoms with van der Waals surface area (Å²) < 4.78 is 22.1. The van der Waals surface area contributed by atoms with Gasteiger partial charge in [0.15, 0.2) is 0 Å². The third kappa shape index (κ3) is 6.98. The molecule has 0 aliphatic heterocycles. The predicted octanol–water partition coefficient (Wildman–Crippen LogP) is 1.02. The minimum atomic E-state index is -1.67. The molecule has 0 radical (unpaired) electrons. The van der Waals surface area contributed by atoms with E-state index in [9.17, 15) is 0 Å². The summed E-state index contributed by atoms with van der Waals surface area (Å²) in [4.78, 5) is 0. The molecule has 0 rings (SSSR count). The second kappa shape index (κ2) is 12.0. The van der Waals surface area contributed by atoms with Crippen molar-refractivity contribution in [3.05, 3.63) is 0 Å². The summed E-state index contributed by atoms with van der Waals surface area (Å²) in [6, 6.07) is 0. The van der Waals surface area contributed by atoms with Gasteiger partial charge in [0.2, 0.25) is 0 Å². The lowest BCUT2D eigenvalue weighted by Crippen LogP contribution is -2.56. The van der Waals surface area contributed by atoms with Crippen molar-refractivity contribution >= 4 is 18.6 Å². The fourth-order valence-electron chi connectivity index (χ4n) is 2.34. The monoisotopic (exact) mass is 309 g/mol. The van der Waals surface area contributed by atoms with Gasteiger partial charge in [-0.1, -0.05) is 26.7 Å². The van der Waals surface area contributed by atoms with E-state index >= 15 is 0 Å². The van der Waals surface area contributed by atoms with E-state index < -0.39 is 18.6 Å². The lowest BCUT2D eigenvalue weighted by molar-refractivity contribution is 0.234. The molecule has 2 atom stereocenters. The van der Waals surface area contributed by atoms with Gasteiger partial charge < -0.3 is 23.0 Å². The second-order valence-electron chi connectivity index (χ2n) is 4.64. The van der Waals surface area contributed by atoms with Gasteiger partial charge in [0, 0.05) is 39.8 Å². The van der Waals surface area contributed by atoms with Gasteiger partial charge in [-0.05, 0) is 12.8 Å². The second-order valence-corrected chi connectivity index (χ2v) is 9.61. The molecule has 7 heteroatoms. The van der Waals surface area contributed by atoms with E-state index in [1.165, 1.54) is 0 Å². The van der Waals surface area contributed by atoms with Gasteiger partial charge in [0.25, 0.3) is 0 Å². The summed E-state index contributed by atoms with van der Waals surface area (Å²) in [7, 11) is 3.61. The quantitative estimate of drug-likeness (QED) is 0.546. The molecule has 0 heterocycles. The lowest BCUT2D eigenvalue weighted by Gasteiger charge is -2.31. The van der Waals surface area contributed by atoms with E-state index in [-0.39, 0.29) is 0 Å². The van der Waals surface area contributed by atoms with Crippen molar-refractivity contribution in [3.63, 3.8) is 0 Å². The van der Waals surface area contributed by atoms with Gasteiger partial charge >= 0.3 is 18.6 Å².